The van der Waals surface area contributed by atoms with Crippen molar-refractivity contribution in [3.8, 4) is 0 Å². The number of nitrogens with one attached hydrogen (secondary N) is 1. The minimum absolute atomic E-state index is 0.201. The van der Waals surface area contributed by atoms with Gasteiger partial charge < -0.3 is 4.98 Å². The molecule has 0 fully saturated rings. The average molecular weight is 272 g/mol. The van der Waals surface area contributed by atoms with Gasteiger partial charge in [-0.05, 0) is 6.07 Å². The molecule has 0 radical (unpaired) electrons. The molecule has 0 aliphatic carbocycles. The van der Waals surface area contributed by atoms with Crippen molar-refractivity contribution in [2.24, 2.45) is 0 Å². The van der Waals surface area contributed by atoms with E-state index in [-0.39, 0.29) is 5.02 Å². The normalized spacial score (nSPS) is 10.8. The molecule has 0 bridgehead atoms. The van der Waals surface area contributed by atoms with Crippen LogP contribution in [-0.4, -0.2) is 4.98 Å². The number of H-pyrrole nitrogens is 1. The van der Waals surface area contributed by atoms with Gasteiger partial charge >= 0.3 is 0 Å². The lowest BCUT2D eigenvalue weighted by molar-refractivity contribution is 0.149. The van der Waals surface area contributed by atoms with Crippen molar-refractivity contribution >= 4 is 27.5 Å². The van der Waals surface area contributed by atoms with Crippen LogP contribution in [0.5, 0.6) is 0 Å². The van der Waals surface area contributed by atoms with Gasteiger partial charge in [-0.1, -0.05) is 27.5 Å². The number of hydrogen-bond donors (Lipinski definition) is 1. The van der Waals surface area contributed by atoms with Crippen LogP contribution in [0.4, 0.5) is 8.78 Å². The van der Waals surface area contributed by atoms with E-state index >= 15 is 0 Å². The Balaban J connectivity index is 3.32. The van der Waals surface area contributed by atoms with E-state index in [0.717, 1.165) is 0 Å². The maximum Gasteiger partial charge on any atom is 0.270 e. The topological polar surface area (TPSA) is 32.9 Å². The molecule has 0 unspecified atom stereocenters. The molecule has 1 rings (SSSR count). The standard InChI is InChI=1S/C7H5BrClF2NO/c8-2-3-1-4(9)5(6(10)11)7(13)12-3/h1,6H,2H2,(H,12,13). The largest absolute Gasteiger partial charge is 0.325 e. The Morgan fingerprint density at radius 1 is 1.62 bits per heavy atom. The quantitative estimate of drug-likeness (QED) is 0.825. The predicted molar refractivity (Wildman–Crippen MR) is 49.7 cm³/mol. The second-order valence-electron chi connectivity index (χ2n) is 2.32. The summed E-state index contributed by atoms with van der Waals surface area (Å²) in [4.78, 5) is 13.3. The predicted octanol–water partition coefficient (Wildman–Crippen LogP) is 2.86. The molecule has 0 spiro atoms. The zero-order chi connectivity index (χ0) is 10.0. The number of hydrogen-bond acceptors (Lipinski definition) is 1. The van der Waals surface area contributed by atoms with Crippen LogP contribution in [0.15, 0.2) is 10.9 Å². The summed E-state index contributed by atoms with van der Waals surface area (Å²) in [6.07, 6.45) is -2.85. The van der Waals surface area contributed by atoms with Crippen molar-refractivity contribution in [1.82, 2.24) is 4.98 Å². The van der Waals surface area contributed by atoms with Gasteiger partial charge in [0, 0.05) is 11.0 Å². The van der Waals surface area contributed by atoms with Gasteiger partial charge in [0.1, 0.15) is 5.56 Å². The van der Waals surface area contributed by atoms with E-state index in [4.69, 9.17) is 11.6 Å². The van der Waals surface area contributed by atoms with E-state index in [9.17, 15) is 13.6 Å². The van der Waals surface area contributed by atoms with E-state index in [1.807, 2.05) is 0 Å². The maximum atomic E-state index is 12.2. The molecule has 1 heterocycles. The Bertz CT molecular complexity index is 366. The molecular formula is C7H5BrClF2NO. The number of pyridine rings is 1. The highest BCUT2D eigenvalue weighted by atomic mass is 79.9. The third-order valence-electron chi connectivity index (χ3n) is 1.44. The average Bonchev–Trinajstić information content (AvgIpc) is 2.02. The van der Waals surface area contributed by atoms with Gasteiger partial charge in [0.05, 0.1) is 5.02 Å². The first kappa shape index (κ1) is 10.7. The number of aromatic amines is 1. The van der Waals surface area contributed by atoms with Crippen LogP contribution in [0.3, 0.4) is 0 Å². The fraction of sp³-hybridized carbons (Fsp3) is 0.286. The van der Waals surface area contributed by atoms with Crippen LogP contribution in [0, 0.1) is 0 Å². The zero-order valence-corrected chi connectivity index (χ0v) is 8.62. The van der Waals surface area contributed by atoms with E-state index in [2.05, 4.69) is 20.9 Å². The Labute approximate surface area is 86.0 Å². The van der Waals surface area contributed by atoms with E-state index in [1.165, 1.54) is 6.07 Å². The molecular weight excluding hydrogens is 267 g/mol. The van der Waals surface area contributed by atoms with Crippen molar-refractivity contribution in [3.63, 3.8) is 0 Å². The molecule has 1 aromatic rings. The van der Waals surface area contributed by atoms with Gasteiger partial charge in [-0.3, -0.25) is 4.79 Å². The fourth-order valence-corrected chi connectivity index (χ4v) is 1.47. The fourth-order valence-electron chi connectivity index (χ4n) is 0.864. The molecule has 0 aliphatic heterocycles. The molecule has 6 heteroatoms. The number of rotatable bonds is 2. The first-order valence-corrected chi connectivity index (χ1v) is 4.82. The minimum Gasteiger partial charge on any atom is -0.325 e. The van der Waals surface area contributed by atoms with Gasteiger partial charge in [0.15, 0.2) is 0 Å². The Kier molecular flexibility index (Phi) is 3.44. The molecule has 0 saturated heterocycles. The van der Waals surface area contributed by atoms with Gasteiger partial charge in [-0.25, -0.2) is 8.78 Å². The summed E-state index contributed by atoms with van der Waals surface area (Å²) in [5, 5.41) is 0.166. The smallest absolute Gasteiger partial charge is 0.270 e. The monoisotopic (exact) mass is 271 g/mol. The van der Waals surface area contributed by atoms with Crippen molar-refractivity contribution in [2.75, 3.05) is 0 Å². The van der Waals surface area contributed by atoms with E-state index in [1.54, 1.807) is 0 Å². The van der Waals surface area contributed by atoms with Crippen molar-refractivity contribution in [3.05, 3.63) is 32.7 Å². The lowest BCUT2D eigenvalue weighted by atomic mass is 10.2. The minimum atomic E-state index is -2.85. The lowest BCUT2D eigenvalue weighted by Gasteiger charge is -2.03. The summed E-state index contributed by atoms with van der Waals surface area (Å²) < 4.78 is 24.4. The molecule has 2 nitrogen and oxygen atoms in total. The molecule has 0 saturated carbocycles. The van der Waals surface area contributed by atoms with Crippen LogP contribution in [0.2, 0.25) is 5.02 Å². The second-order valence-corrected chi connectivity index (χ2v) is 3.29. The molecule has 0 aliphatic rings. The highest BCUT2D eigenvalue weighted by molar-refractivity contribution is 9.08. The number of aromatic nitrogens is 1. The van der Waals surface area contributed by atoms with Crippen molar-refractivity contribution in [2.45, 2.75) is 11.8 Å². The summed E-state index contributed by atoms with van der Waals surface area (Å²) in [5.74, 6) is 0. The zero-order valence-electron chi connectivity index (χ0n) is 6.28. The molecule has 1 N–H and O–H groups in total. The second kappa shape index (κ2) is 4.19. The van der Waals surface area contributed by atoms with Gasteiger partial charge in [-0.15, -0.1) is 0 Å². The van der Waals surface area contributed by atoms with Crippen LogP contribution in [-0.2, 0) is 5.33 Å². The van der Waals surface area contributed by atoms with Crippen LogP contribution >= 0.6 is 27.5 Å². The summed E-state index contributed by atoms with van der Waals surface area (Å²) in [6.45, 7) is 0. The lowest BCUT2D eigenvalue weighted by Crippen LogP contribution is -2.15. The van der Waals surface area contributed by atoms with Crippen LogP contribution in [0.1, 0.15) is 17.7 Å². The summed E-state index contributed by atoms with van der Waals surface area (Å²) in [6, 6.07) is 1.30. The van der Waals surface area contributed by atoms with Crippen molar-refractivity contribution in [1.29, 1.82) is 0 Å². The number of alkyl halides is 3. The Morgan fingerprint density at radius 3 is 2.62 bits per heavy atom. The first-order valence-electron chi connectivity index (χ1n) is 3.32. The summed E-state index contributed by atoms with van der Waals surface area (Å²) >= 11 is 8.56. The molecule has 0 aromatic carbocycles. The highest BCUT2D eigenvalue weighted by Crippen LogP contribution is 2.23. The van der Waals surface area contributed by atoms with E-state index < -0.39 is 17.5 Å². The van der Waals surface area contributed by atoms with Gasteiger partial charge in [-0.2, -0.15) is 0 Å². The maximum absolute atomic E-state index is 12.2. The molecule has 13 heavy (non-hydrogen) atoms. The third kappa shape index (κ3) is 2.28. The van der Waals surface area contributed by atoms with Gasteiger partial charge in [0.25, 0.3) is 12.0 Å². The SMILES string of the molecule is O=c1[nH]c(CBr)cc(Cl)c1C(F)F. The van der Waals surface area contributed by atoms with Gasteiger partial charge in [0.2, 0.25) is 0 Å². The van der Waals surface area contributed by atoms with E-state index in [0.29, 0.717) is 11.0 Å². The Hall–Kier alpha value is -0.420. The van der Waals surface area contributed by atoms with Crippen LogP contribution in [0.25, 0.3) is 0 Å². The highest BCUT2D eigenvalue weighted by Gasteiger charge is 2.17. The molecule has 0 atom stereocenters. The Morgan fingerprint density at radius 2 is 2.23 bits per heavy atom. The third-order valence-corrected chi connectivity index (χ3v) is 2.36. The molecule has 72 valence electrons. The van der Waals surface area contributed by atoms with Crippen LogP contribution < -0.4 is 5.56 Å². The molecule has 0 amide bonds. The summed E-state index contributed by atoms with van der Waals surface area (Å²) in [5.41, 5.74) is -1.04. The number of halogens is 4. The van der Waals surface area contributed by atoms with Crippen molar-refractivity contribution < 1.29 is 8.78 Å². The first-order chi connectivity index (χ1) is 6.06. The summed E-state index contributed by atoms with van der Waals surface area (Å²) in [7, 11) is 0. The molecule has 1 aromatic heterocycles.